The van der Waals surface area contributed by atoms with Crippen LogP contribution in [0, 0.1) is 0 Å². The SMILES string of the molecule is COCCn1cc(Nc2nc3cc(SC)ccc3c3cn[nH]c23)cn1. The molecule has 2 N–H and O–H groups in total. The summed E-state index contributed by atoms with van der Waals surface area (Å²) in [6.07, 6.45) is 7.61. The van der Waals surface area contributed by atoms with E-state index < -0.39 is 0 Å². The molecule has 0 unspecified atom stereocenters. The van der Waals surface area contributed by atoms with E-state index in [1.165, 1.54) is 4.90 Å². The molecule has 128 valence electrons. The first-order valence-corrected chi connectivity index (χ1v) is 9.10. The molecule has 7 nitrogen and oxygen atoms in total. The Morgan fingerprint density at radius 3 is 3.04 bits per heavy atom. The van der Waals surface area contributed by atoms with Crippen molar-refractivity contribution in [2.24, 2.45) is 0 Å². The number of nitrogens with zero attached hydrogens (tertiary/aromatic N) is 4. The molecule has 0 fully saturated rings. The summed E-state index contributed by atoms with van der Waals surface area (Å²) >= 11 is 1.70. The van der Waals surface area contributed by atoms with E-state index in [-0.39, 0.29) is 0 Å². The first-order valence-electron chi connectivity index (χ1n) is 7.87. The molecule has 3 aromatic heterocycles. The van der Waals surface area contributed by atoms with Gasteiger partial charge in [-0.3, -0.25) is 9.78 Å². The molecule has 3 heterocycles. The molecule has 0 atom stereocenters. The molecule has 4 aromatic rings. The fraction of sp³-hybridized carbons (Fsp3) is 0.235. The summed E-state index contributed by atoms with van der Waals surface area (Å²) in [5, 5.41) is 17.0. The van der Waals surface area contributed by atoms with Gasteiger partial charge in [0.15, 0.2) is 5.82 Å². The van der Waals surface area contributed by atoms with Gasteiger partial charge in [-0.15, -0.1) is 11.8 Å². The minimum atomic E-state index is 0.623. The standard InChI is InChI=1S/C17H18N6OS/c1-24-6-5-23-10-11(8-19-23)20-17-16-14(9-18-22-16)13-4-3-12(25-2)7-15(13)21-17/h3-4,7-10H,5-6H2,1-2H3,(H,18,22)(H,20,21). The zero-order valence-electron chi connectivity index (χ0n) is 14.0. The van der Waals surface area contributed by atoms with Gasteiger partial charge in [0.2, 0.25) is 0 Å². The van der Waals surface area contributed by atoms with Crippen LogP contribution >= 0.6 is 11.8 Å². The van der Waals surface area contributed by atoms with Gasteiger partial charge >= 0.3 is 0 Å². The van der Waals surface area contributed by atoms with Crippen LogP contribution in [0.15, 0.2) is 41.7 Å². The Hall–Kier alpha value is -2.58. The molecule has 8 heteroatoms. The first-order chi connectivity index (χ1) is 12.3. The minimum absolute atomic E-state index is 0.623. The second-order valence-corrected chi connectivity index (χ2v) is 6.49. The average Bonchev–Trinajstić information content (AvgIpc) is 3.29. The van der Waals surface area contributed by atoms with Gasteiger partial charge in [-0.25, -0.2) is 4.98 Å². The van der Waals surface area contributed by atoms with E-state index in [1.54, 1.807) is 25.1 Å². The zero-order chi connectivity index (χ0) is 17.2. The number of benzene rings is 1. The second-order valence-electron chi connectivity index (χ2n) is 5.61. The molecule has 0 aliphatic heterocycles. The third kappa shape index (κ3) is 3.06. The van der Waals surface area contributed by atoms with Crippen LogP contribution in [0.3, 0.4) is 0 Å². The molecule has 0 spiro atoms. The second kappa shape index (κ2) is 6.73. The quantitative estimate of drug-likeness (QED) is 0.517. The number of rotatable bonds is 6. The lowest BCUT2D eigenvalue weighted by molar-refractivity contribution is 0.183. The summed E-state index contributed by atoms with van der Waals surface area (Å²) in [4.78, 5) is 5.98. The summed E-state index contributed by atoms with van der Waals surface area (Å²) in [5.74, 6) is 0.740. The summed E-state index contributed by atoms with van der Waals surface area (Å²) in [5.41, 5.74) is 2.70. The van der Waals surface area contributed by atoms with E-state index in [0.717, 1.165) is 33.3 Å². The van der Waals surface area contributed by atoms with Gasteiger partial charge in [0.1, 0.15) is 5.52 Å². The van der Waals surface area contributed by atoms with Crippen molar-refractivity contribution in [3.63, 3.8) is 0 Å². The van der Waals surface area contributed by atoms with E-state index in [0.29, 0.717) is 13.2 Å². The number of aromatic amines is 1. The van der Waals surface area contributed by atoms with Crippen LogP contribution in [0.25, 0.3) is 21.8 Å². The van der Waals surface area contributed by atoms with E-state index in [9.17, 15) is 0 Å². The zero-order valence-corrected chi connectivity index (χ0v) is 14.8. The Balaban J connectivity index is 1.74. The normalized spacial score (nSPS) is 11.4. The van der Waals surface area contributed by atoms with Crippen LogP contribution in [0.4, 0.5) is 11.5 Å². The monoisotopic (exact) mass is 354 g/mol. The van der Waals surface area contributed by atoms with Gasteiger partial charge in [0.05, 0.1) is 36.7 Å². The van der Waals surface area contributed by atoms with Gasteiger partial charge in [-0.2, -0.15) is 10.2 Å². The number of thioether (sulfide) groups is 1. The smallest absolute Gasteiger partial charge is 0.157 e. The van der Waals surface area contributed by atoms with Gasteiger partial charge in [-0.1, -0.05) is 6.07 Å². The molecule has 1 aromatic carbocycles. The highest BCUT2D eigenvalue weighted by Gasteiger charge is 2.12. The first kappa shape index (κ1) is 15.9. The number of fused-ring (bicyclic) bond motifs is 3. The van der Waals surface area contributed by atoms with Crippen molar-refractivity contribution >= 4 is 45.1 Å². The van der Waals surface area contributed by atoms with Gasteiger partial charge in [-0.05, 0) is 18.4 Å². The highest BCUT2D eigenvalue weighted by atomic mass is 32.2. The van der Waals surface area contributed by atoms with Crippen molar-refractivity contribution in [3.05, 3.63) is 36.8 Å². The average molecular weight is 354 g/mol. The van der Waals surface area contributed by atoms with Crippen LogP contribution in [0.1, 0.15) is 0 Å². The minimum Gasteiger partial charge on any atom is -0.383 e. The lowest BCUT2D eigenvalue weighted by Gasteiger charge is -2.08. The number of hydrogen-bond acceptors (Lipinski definition) is 6. The summed E-state index contributed by atoms with van der Waals surface area (Å²) < 4.78 is 6.92. The lowest BCUT2D eigenvalue weighted by Crippen LogP contribution is -2.04. The molecule has 0 saturated heterocycles. The maximum absolute atomic E-state index is 5.08. The number of methoxy groups -OCH3 is 1. The molecule has 0 aliphatic carbocycles. The number of pyridine rings is 1. The van der Waals surface area contributed by atoms with Crippen LogP contribution in [-0.4, -0.2) is 44.9 Å². The molecule has 25 heavy (non-hydrogen) atoms. The van der Waals surface area contributed by atoms with Crippen LogP contribution in [-0.2, 0) is 11.3 Å². The summed E-state index contributed by atoms with van der Waals surface area (Å²) in [6, 6.07) is 6.30. The third-order valence-corrected chi connectivity index (χ3v) is 4.75. The molecule has 0 amide bonds. The fourth-order valence-corrected chi connectivity index (χ4v) is 3.20. The Labute approximate surface area is 148 Å². The van der Waals surface area contributed by atoms with Crippen LogP contribution < -0.4 is 5.32 Å². The lowest BCUT2D eigenvalue weighted by atomic mass is 10.1. The van der Waals surface area contributed by atoms with E-state index in [4.69, 9.17) is 9.72 Å². The topological polar surface area (TPSA) is 80.6 Å². The largest absolute Gasteiger partial charge is 0.383 e. The van der Waals surface area contributed by atoms with Crippen molar-refractivity contribution in [2.75, 3.05) is 25.3 Å². The molecular formula is C17H18N6OS. The molecule has 4 rings (SSSR count). The van der Waals surface area contributed by atoms with Gasteiger partial charge < -0.3 is 10.1 Å². The molecule has 0 saturated carbocycles. The molecule has 0 radical (unpaired) electrons. The number of ether oxygens (including phenoxy) is 1. The van der Waals surface area contributed by atoms with Crippen molar-refractivity contribution in [3.8, 4) is 0 Å². The van der Waals surface area contributed by atoms with Gasteiger partial charge in [0.25, 0.3) is 0 Å². The predicted molar refractivity (Wildman–Crippen MR) is 101 cm³/mol. The number of hydrogen-bond donors (Lipinski definition) is 2. The molecule has 0 aliphatic rings. The highest BCUT2D eigenvalue weighted by molar-refractivity contribution is 7.98. The Kier molecular flexibility index (Phi) is 4.29. The Bertz CT molecular complexity index is 1020. The Morgan fingerprint density at radius 1 is 1.28 bits per heavy atom. The van der Waals surface area contributed by atoms with Crippen LogP contribution in [0.2, 0.25) is 0 Å². The predicted octanol–water partition coefficient (Wildman–Crippen LogP) is 3.42. The third-order valence-electron chi connectivity index (χ3n) is 4.02. The summed E-state index contributed by atoms with van der Waals surface area (Å²) in [7, 11) is 1.68. The van der Waals surface area contributed by atoms with Crippen molar-refractivity contribution < 1.29 is 4.74 Å². The van der Waals surface area contributed by atoms with E-state index in [1.807, 2.05) is 17.1 Å². The fourth-order valence-electron chi connectivity index (χ4n) is 2.77. The molecular weight excluding hydrogens is 336 g/mol. The maximum Gasteiger partial charge on any atom is 0.157 e. The van der Waals surface area contributed by atoms with Gasteiger partial charge in [0, 0.05) is 29.0 Å². The highest BCUT2D eigenvalue weighted by Crippen LogP contribution is 2.31. The van der Waals surface area contributed by atoms with Crippen molar-refractivity contribution in [1.82, 2.24) is 25.0 Å². The molecule has 0 bridgehead atoms. The number of aromatic nitrogens is 5. The maximum atomic E-state index is 5.08. The van der Waals surface area contributed by atoms with E-state index in [2.05, 4.69) is 45.1 Å². The van der Waals surface area contributed by atoms with Crippen LogP contribution in [0.5, 0.6) is 0 Å². The van der Waals surface area contributed by atoms with Crippen molar-refractivity contribution in [1.29, 1.82) is 0 Å². The summed E-state index contributed by atoms with van der Waals surface area (Å²) in [6.45, 7) is 1.33. The number of H-pyrrole nitrogens is 1. The number of nitrogens with one attached hydrogen (secondary N) is 2. The Morgan fingerprint density at radius 2 is 2.20 bits per heavy atom. The van der Waals surface area contributed by atoms with E-state index >= 15 is 0 Å². The van der Waals surface area contributed by atoms with Crippen molar-refractivity contribution in [2.45, 2.75) is 11.4 Å². The number of anilines is 2.